The van der Waals surface area contributed by atoms with Crippen molar-refractivity contribution in [3.8, 4) is 45.9 Å². The van der Waals surface area contributed by atoms with Crippen LogP contribution in [0.25, 0.3) is 44.4 Å². The van der Waals surface area contributed by atoms with Crippen LogP contribution in [0.5, 0.6) is 11.5 Å². The molecule has 0 amide bonds. The fraction of sp³-hybridized carbons (Fsp3) is 0.0714. The smallest absolute Gasteiger partial charge is 0.167 e. The molecule has 0 aromatic heterocycles. The van der Waals surface area contributed by atoms with Gasteiger partial charge in [-0.1, -0.05) is 66.7 Å². The van der Waals surface area contributed by atoms with Gasteiger partial charge in [0.1, 0.15) is 17.6 Å². The van der Waals surface area contributed by atoms with Crippen molar-refractivity contribution in [2.45, 2.75) is 6.04 Å². The molecule has 6 aromatic carbocycles. The highest BCUT2D eigenvalue weighted by Gasteiger charge is 2.32. The predicted molar refractivity (Wildman–Crippen MR) is 195 cm³/mol. The Kier molecular flexibility index (Phi) is 7.29. The van der Waals surface area contributed by atoms with E-state index in [0.29, 0.717) is 0 Å². The molecular weight excluding hydrogens is 606 g/mol. The molecule has 0 saturated carbocycles. The van der Waals surface area contributed by atoms with Gasteiger partial charge < -0.3 is 19.7 Å². The maximum Gasteiger partial charge on any atom is 0.167 e. The maximum atomic E-state index is 9.61. The van der Waals surface area contributed by atoms with E-state index in [9.17, 15) is 10.5 Å². The van der Waals surface area contributed by atoms with Crippen molar-refractivity contribution in [3.63, 3.8) is 0 Å². The maximum absolute atomic E-state index is 9.61. The number of aliphatic imine (C=N–C) groups is 1. The highest BCUT2D eigenvalue weighted by molar-refractivity contribution is 6.21. The van der Waals surface area contributed by atoms with Gasteiger partial charge in [-0.05, 0) is 88.3 Å². The Morgan fingerprint density at radius 1 is 0.612 bits per heavy atom. The number of anilines is 3. The van der Waals surface area contributed by atoms with Crippen LogP contribution in [0.3, 0.4) is 0 Å². The van der Waals surface area contributed by atoms with Crippen molar-refractivity contribution >= 4 is 44.9 Å². The van der Waals surface area contributed by atoms with Crippen LogP contribution in [0, 0.1) is 22.7 Å². The number of nitrogens with zero attached hydrogens (tertiary/aromatic N) is 4. The Morgan fingerprint density at radius 2 is 1.14 bits per heavy atom. The fourth-order valence-electron chi connectivity index (χ4n) is 6.72. The third-order valence-electron chi connectivity index (χ3n) is 9.16. The first-order chi connectivity index (χ1) is 24.1. The number of rotatable bonds is 7. The van der Waals surface area contributed by atoms with Crippen LogP contribution in [0.2, 0.25) is 0 Å². The number of methoxy groups -OCH3 is 2. The van der Waals surface area contributed by atoms with Gasteiger partial charge in [-0.25, -0.2) is 4.99 Å². The van der Waals surface area contributed by atoms with Crippen LogP contribution in [-0.4, -0.2) is 26.0 Å². The van der Waals surface area contributed by atoms with Crippen molar-refractivity contribution in [2.24, 2.45) is 4.99 Å². The summed E-state index contributed by atoms with van der Waals surface area (Å²) in [5.74, 6) is 1.61. The Morgan fingerprint density at radius 3 is 1.69 bits per heavy atom. The summed E-state index contributed by atoms with van der Waals surface area (Å²) >= 11 is 0. The molecule has 1 N–H and O–H groups in total. The van der Waals surface area contributed by atoms with E-state index in [4.69, 9.17) is 9.47 Å². The van der Waals surface area contributed by atoms with Gasteiger partial charge in [-0.3, -0.25) is 0 Å². The number of hydrogen-bond acceptors (Lipinski definition) is 7. The molecule has 1 atom stereocenters. The normalized spacial score (nSPS) is 14.3. The molecule has 8 rings (SSSR count). The molecule has 6 aromatic rings. The molecule has 1 heterocycles. The van der Waals surface area contributed by atoms with Gasteiger partial charge in [-0.2, -0.15) is 10.5 Å². The van der Waals surface area contributed by atoms with Crippen LogP contribution in [-0.2, 0) is 0 Å². The molecule has 49 heavy (non-hydrogen) atoms. The van der Waals surface area contributed by atoms with Crippen molar-refractivity contribution in [1.29, 1.82) is 10.5 Å². The van der Waals surface area contributed by atoms with Crippen molar-refractivity contribution in [3.05, 3.63) is 139 Å². The molecule has 234 valence electrons. The highest BCUT2D eigenvalue weighted by atomic mass is 16.5. The van der Waals surface area contributed by atoms with E-state index in [1.165, 1.54) is 0 Å². The first-order valence-corrected chi connectivity index (χ1v) is 15.8. The molecular formula is C42H29N5O2. The summed E-state index contributed by atoms with van der Waals surface area (Å²) in [6.45, 7) is 0. The van der Waals surface area contributed by atoms with E-state index < -0.39 is 6.04 Å². The largest absolute Gasteiger partial charge is 0.497 e. The minimum absolute atomic E-state index is 0.184. The van der Waals surface area contributed by atoms with E-state index in [2.05, 4.69) is 118 Å². The zero-order valence-electron chi connectivity index (χ0n) is 26.8. The molecule has 0 saturated heterocycles. The molecule has 1 aliphatic carbocycles. The average molecular weight is 636 g/mol. The lowest BCUT2D eigenvalue weighted by Gasteiger charge is -2.26. The van der Waals surface area contributed by atoms with Crippen LogP contribution in [0.15, 0.2) is 132 Å². The molecule has 7 nitrogen and oxygen atoms in total. The van der Waals surface area contributed by atoms with Crippen LogP contribution < -0.4 is 19.7 Å². The van der Waals surface area contributed by atoms with E-state index in [1.54, 1.807) is 14.2 Å². The van der Waals surface area contributed by atoms with Crippen molar-refractivity contribution in [2.75, 3.05) is 19.1 Å². The molecule has 0 fully saturated rings. The monoisotopic (exact) mass is 635 g/mol. The quantitative estimate of drug-likeness (QED) is 0.188. The third kappa shape index (κ3) is 5.02. The molecule has 7 heteroatoms. The minimum atomic E-state index is -0.762. The van der Waals surface area contributed by atoms with Crippen LogP contribution >= 0.6 is 0 Å². The lowest BCUT2D eigenvalue weighted by Crippen LogP contribution is -2.36. The average Bonchev–Trinajstić information content (AvgIpc) is 3.49. The Bertz CT molecular complexity index is 2330. The summed E-state index contributed by atoms with van der Waals surface area (Å²) in [6.07, 6.45) is 0. The van der Waals surface area contributed by atoms with E-state index in [1.807, 2.05) is 36.4 Å². The molecule has 1 aliphatic heterocycles. The van der Waals surface area contributed by atoms with Gasteiger partial charge in [0.25, 0.3) is 0 Å². The first-order valence-electron chi connectivity index (χ1n) is 15.8. The second-order valence-electron chi connectivity index (χ2n) is 11.8. The number of fused-ring (bicyclic) bond motifs is 2. The number of ether oxygens (including phenoxy) is 2. The number of nitrogens with one attached hydrogen (secondary N) is 1. The molecule has 0 spiro atoms. The molecule has 2 aliphatic rings. The summed E-state index contributed by atoms with van der Waals surface area (Å²) in [6, 6.07) is 47.2. The molecule has 1 unspecified atom stereocenters. The summed E-state index contributed by atoms with van der Waals surface area (Å²) in [5.41, 5.74) is 11.2. The number of hydrogen-bond donors (Lipinski definition) is 1. The lowest BCUT2D eigenvalue weighted by atomic mass is 9.93. The standard InChI is InChI=1S/C42H29N5O2/c1-48-32-18-14-30(15-19-32)47(31-16-20-33(49-2)21-17-31)29-12-10-27(11-13-29)26-6-8-28(9-7-26)34-22-23-37-40-35(34)4-3-5-36(40)41-42(37)46-39(25-44)38(24-43)45-41/h3-23,39,46H,1-2H3. The van der Waals surface area contributed by atoms with E-state index in [-0.39, 0.29) is 5.71 Å². The van der Waals surface area contributed by atoms with Gasteiger partial charge in [0.2, 0.25) is 0 Å². The number of nitriles is 2. The second kappa shape index (κ2) is 12.1. The zero-order valence-corrected chi connectivity index (χ0v) is 26.8. The SMILES string of the molecule is COc1ccc(N(c2ccc(OC)cc2)c2ccc(-c3ccc(-c4ccc5c6c(cccc46)C4=C5NC(C#N)C(C#N)=N4)cc3)cc2)cc1. The van der Waals surface area contributed by atoms with Gasteiger partial charge in [0, 0.05) is 33.6 Å². The zero-order chi connectivity index (χ0) is 33.5. The Balaban J connectivity index is 1.10. The van der Waals surface area contributed by atoms with Gasteiger partial charge in [0.15, 0.2) is 11.8 Å². The molecule has 0 radical (unpaired) electrons. The minimum Gasteiger partial charge on any atom is -0.497 e. The lowest BCUT2D eigenvalue weighted by molar-refractivity contribution is 0.415. The first kappa shape index (κ1) is 29.6. The topological polar surface area (TPSA) is 93.7 Å². The second-order valence-corrected chi connectivity index (χ2v) is 11.8. The summed E-state index contributed by atoms with van der Waals surface area (Å²) in [5, 5.41) is 24.6. The summed E-state index contributed by atoms with van der Waals surface area (Å²) in [7, 11) is 3.34. The summed E-state index contributed by atoms with van der Waals surface area (Å²) in [4.78, 5) is 6.81. The predicted octanol–water partition coefficient (Wildman–Crippen LogP) is 9.26. The summed E-state index contributed by atoms with van der Waals surface area (Å²) < 4.78 is 10.8. The number of benzene rings is 6. The Labute approximate surface area is 284 Å². The van der Waals surface area contributed by atoms with Crippen molar-refractivity contribution in [1.82, 2.24) is 5.32 Å². The third-order valence-corrected chi connectivity index (χ3v) is 9.16. The van der Waals surface area contributed by atoms with Crippen molar-refractivity contribution < 1.29 is 9.47 Å². The highest BCUT2D eigenvalue weighted by Crippen LogP contribution is 2.46. The van der Waals surface area contributed by atoms with Crippen LogP contribution in [0.1, 0.15) is 11.1 Å². The Hall–Kier alpha value is -6.83. The van der Waals surface area contributed by atoms with Gasteiger partial charge in [0.05, 0.1) is 31.7 Å². The van der Waals surface area contributed by atoms with E-state index >= 15 is 0 Å². The fourth-order valence-corrected chi connectivity index (χ4v) is 6.72. The van der Waals surface area contributed by atoms with E-state index in [0.717, 1.165) is 84.1 Å². The van der Waals surface area contributed by atoms with Crippen LogP contribution in [0.4, 0.5) is 17.1 Å². The van der Waals surface area contributed by atoms with Gasteiger partial charge in [-0.15, -0.1) is 0 Å². The van der Waals surface area contributed by atoms with Gasteiger partial charge >= 0.3 is 0 Å². The molecule has 0 bridgehead atoms.